The molecule has 0 saturated carbocycles. The maximum Gasteiger partial charge on any atom is 0.276 e. The summed E-state index contributed by atoms with van der Waals surface area (Å²) >= 11 is 1.71. The van der Waals surface area contributed by atoms with E-state index in [9.17, 15) is 13.2 Å². The Labute approximate surface area is 182 Å². The van der Waals surface area contributed by atoms with Crippen molar-refractivity contribution < 1.29 is 17.6 Å². The lowest BCUT2D eigenvalue weighted by molar-refractivity contribution is -0.126. The van der Waals surface area contributed by atoms with Crippen molar-refractivity contribution in [1.29, 1.82) is 0 Å². The van der Waals surface area contributed by atoms with Gasteiger partial charge in [0.15, 0.2) is 0 Å². The molecular formula is C21H29N3O4S2. The molecule has 2 aliphatic heterocycles. The SMILES string of the molecule is O=C(NCCc1cccs1)C1CCN(Cc2ccc(S(=O)(=O)N3CCCC3)o2)CC1. The zero-order valence-corrected chi connectivity index (χ0v) is 18.7. The van der Waals surface area contributed by atoms with Gasteiger partial charge in [-0.2, -0.15) is 4.31 Å². The van der Waals surface area contributed by atoms with E-state index in [1.165, 1.54) is 9.18 Å². The molecule has 9 heteroatoms. The van der Waals surface area contributed by atoms with E-state index >= 15 is 0 Å². The maximum atomic E-state index is 12.6. The summed E-state index contributed by atoms with van der Waals surface area (Å²) in [6, 6.07) is 7.44. The first-order valence-electron chi connectivity index (χ1n) is 10.6. The van der Waals surface area contributed by atoms with Crippen molar-refractivity contribution >= 4 is 27.3 Å². The molecule has 2 aliphatic rings. The Kier molecular flexibility index (Phi) is 6.92. The second-order valence-corrected chi connectivity index (χ2v) is 10.9. The summed E-state index contributed by atoms with van der Waals surface area (Å²) in [7, 11) is -3.51. The van der Waals surface area contributed by atoms with Gasteiger partial charge in [0, 0.05) is 30.4 Å². The Hall–Kier alpha value is -1.68. The van der Waals surface area contributed by atoms with Gasteiger partial charge in [-0.3, -0.25) is 9.69 Å². The van der Waals surface area contributed by atoms with Gasteiger partial charge in [-0.1, -0.05) is 6.07 Å². The number of hydrogen-bond acceptors (Lipinski definition) is 6. The summed E-state index contributed by atoms with van der Waals surface area (Å²) in [5, 5.41) is 5.15. The van der Waals surface area contributed by atoms with Gasteiger partial charge in [0.05, 0.1) is 6.54 Å². The molecule has 30 heavy (non-hydrogen) atoms. The molecule has 2 saturated heterocycles. The minimum atomic E-state index is -3.51. The van der Waals surface area contributed by atoms with Crippen LogP contribution in [0.15, 0.2) is 39.2 Å². The number of rotatable bonds is 8. The molecule has 164 valence electrons. The minimum Gasteiger partial charge on any atom is -0.447 e. The van der Waals surface area contributed by atoms with Crippen LogP contribution in [0.25, 0.3) is 0 Å². The first-order chi connectivity index (χ1) is 14.5. The molecule has 1 amide bonds. The largest absolute Gasteiger partial charge is 0.447 e. The summed E-state index contributed by atoms with van der Waals surface area (Å²) in [5.41, 5.74) is 0. The van der Waals surface area contributed by atoms with Crippen molar-refractivity contribution in [3.05, 3.63) is 40.3 Å². The third-order valence-corrected chi connectivity index (χ3v) is 8.59. The van der Waals surface area contributed by atoms with Crippen molar-refractivity contribution in [3.8, 4) is 0 Å². The summed E-state index contributed by atoms with van der Waals surface area (Å²) < 4.78 is 32.4. The Bertz CT molecular complexity index is 925. The van der Waals surface area contributed by atoms with Crippen LogP contribution in [-0.2, 0) is 27.8 Å². The number of nitrogens with zero attached hydrogens (tertiary/aromatic N) is 2. The maximum absolute atomic E-state index is 12.6. The van der Waals surface area contributed by atoms with Crippen LogP contribution in [-0.4, -0.2) is 56.3 Å². The van der Waals surface area contributed by atoms with Crippen LogP contribution in [0, 0.1) is 5.92 Å². The summed E-state index contributed by atoms with van der Waals surface area (Å²) in [6.45, 7) is 4.00. The smallest absolute Gasteiger partial charge is 0.276 e. The fraction of sp³-hybridized carbons (Fsp3) is 0.571. The molecule has 2 aromatic rings. The van der Waals surface area contributed by atoms with Crippen molar-refractivity contribution in [1.82, 2.24) is 14.5 Å². The zero-order chi connectivity index (χ0) is 21.0. The predicted molar refractivity (Wildman–Crippen MR) is 116 cm³/mol. The van der Waals surface area contributed by atoms with E-state index in [0.29, 0.717) is 31.9 Å². The summed E-state index contributed by atoms with van der Waals surface area (Å²) in [5.74, 6) is 0.849. The number of carbonyl (C=O) groups is 1. The van der Waals surface area contributed by atoms with Gasteiger partial charge in [-0.15, -0.1) is 11.3 Å². The Morgan fingerprint density at radius 3 is 2.60 bits per heavy atom. The fourth-order valence-electron chi connectivity index (χ4n) is 4.12. The lowest BCUT2D eigenvalue weighted by atomic mass is 9.96. The average molecular weight is 452 g/mol. The number of nitrogens with one attached hydrogen (secondary N) is 1. The predicted octanol–water partition coefficient (Wildman–Crippen LogP) is 2.70. The molecule has 0 spiro atoms. The number of thiophene rings is 1. The Morgan fingerprint density at radius 2 is 1.90 bits per heavy atom. The molecule has 4 heterocycles. The van der Waals surface area contributed by atoms with E-state index in [1.807, 2.05) is 6.07 Å². The van der Waals surface area contributed by atoms with Gasteiger partial charge >= 0.3 is 0 Å². The number of amides is 1. The van der Waals surface area contributed by atoms with E-state index < -0.39 is 10.0 Å². The van der Waals surface area contributed by atoms with Gasteiger partial charge in [-0.05, 0) is 68.8 Å². The third-order valence-electron chi connectivity index (χ3n) is 5.88. The number of carbonyl (C=O) groups excluding carboxylic acids is 1. The standard InChI is InChI=1S/C21H29N3O4S2/c25-21(22-10-7-19-4-3-15-29-19)17-8-13-23(14-9-17)16-18-5-6-20(28-18)30(26,27)24-11-1-2-12-24/h3-6,15,17H,1-2,7-14,16H2,(H,22,25). The van der Waals surface area contributed by atoms with Gasteiger partial charge in [0.1, 0.15) is 5.76 Å². The Balaban J connectivity index is 1.22. The molecule has 4 rings (SSSR count). The number of likely N-dealkylation sites (tertiary alicyclic amines) is 1. The van der Waals surface area contributed by atoms with Gasteiger partial charge in [0.2, 0.25) is 11.0 Å². The van der Waals surface area contributed by atoms with Crippen LogP contribution in [0.5, 0.6) is 0 Å². The number of furan rings is 1. The quantitative estimate of drug-likeness (QED) is 0.667. The van der Waals surface area contributed by atoms with E-state index in [2.05, 4.69) is 21.7 Å². The normalized spacial score (nSPS) is 19.3. The van der Waals surface area contributed by atoms with Crippen LogP contribution >= 0.6 is 11.3 Å². The molecule has 2 aromatic heterocycles. The minimum absolute atomic E-state index is 0.0411. The molecule has 0 bridgehead atoms. The van der Waals surface area contributed by atoms with Crippen LogP contribution in [0.2, 0.25) is 0 Å². The molecular weight excluding hydrogens is 422 g/mol. The first-order valence-corrected chi connectivity index (χ1v) is 13.0. The molecule has 7 nitrogen and oxygen atoms in total. The monoisotopic (exact) mass is 451 g/mol. The lowest BCUT2D eigenvalue weighted by Gasteiger charge is -2.30. The molecule has 2 fully saturated rings. The van der Waals surface area contributed by atoms with Crippen molar-refractivity contribution in [2.45, 2.75) is 43.7 Å². The highest BCUT2D eigenvalue weighted by molar-refractivity contribution is 7.89. The van der Waals surface area contributed by atoms with Crippen LogP contribution in [0.4, 0.5) is 0 Å². The van der Waals surface area contributed by atoms with Crippen molar-refractivity contribution in [2.24, 2.45) is 5.92 Å². The van der Waals surface area contributed by atoms with E-state index in [0.717, 1.165) is 45.2 Å². The fourth-order valence-corrected chi connectivity index (χ4v) is 6.27. The molecule has 0 atom stereocenters. The summed E-state index contributed by atoms with van der Waals surface area (Å²) in [4.78, 5) is 15.9. The first kappa shape index (κ1) is 21.5. The average Bonchev–Trinajstić information content (AvgIpc) is 3.51. The Morgan fingerprint density at radius 1 is 1.13 bits per heavy atom. The topological polar surface area (TPSA) is 82.9 Å². The van der Waals surface area contributed by atoms with Crippen molar-refractivity contribution in [2.75, 3.05) is 32.7 Å². The number of sulfonamides is 1. The van der Waals surface area contributed by atoms with Gasteiger partial charge < -0.3 is 9.73 Å². The van der Waals surface area contributed by atoms with Gasteiger partial charge in [0.25, 0.3) is 10.0 Å². The number of piperidine rings is 1. The molecule has 0 aromatic carbocycles. The second kappa shape index (κ2) is 9.64. The molecule has 0 unspecified atom stereocenters. The summed E-state index contributed by atoms with van der Waals surface area (Å²) in [6.07, 6.45) is 4.31. The molecule has 0 radical (unpaired) electrons. The van der Waals surface area contributed by atoms with Crippen LogP contribution < -0.4 is 5.32 Å². The molecule has 1 N–H and O–H groups in total. The van der Waals surface area contributed by atoms with E-state index in [4.69, 9.17) is 4.42 Å². The highest BCUT2D eigenvalue weighted by Gasteiger charge is 2.30. The van der Waals surface area contributed by atoms with Crippen molar-refractivity contribution in [3.63, 3.8) is 0 Å². The van der Waals surface area contributed by atoms with Gasteiger partial charge in [-0.25, -0.2) is 8.42 Å². The molecule has 0 aliphatic carbocycles. The lowest BCUT2D eigenvalue weighted by Crippen LogP contribution is -2.40. The zero-order valence-electron chi connectivity index (χ0n) is 17.1. The third kappa shape index (κ3) is 5.14. The highest BCUT2D eigenvalue weighted by Crippen LogP contribution is 2.25. The van der Waals surface area contributed by atoms with Crippen LogP contribution in [0.3, 0.4) is 0 Å². The number of hydrogen-bond donors (Lipinski definition) is 1. The second-order valence-electron chi connectivity index (χ2n) is 8.00. The van der Waals surface area contributed by atoms with Crippen LogP contribution in [0.1, 0.15) is 36.3 Å². The van der Waals surface area contributed by atoms with E-state index in [1.54, 1.807) is 23.5 Å². The van der Waals surface area contributed by atoms with E-state index in [-0.39, 0.29) is 16.9 Å². The highest BCUT2D eigenvalue weighted by atomic mass is 32.2.